The van der Waals surface area contributed by atoms with Gasteiger partial charge in [0.15, 0.2) is 20.1 Å². The van der Waals surface area contributed by atoms with Crippen molar-refractivity contribution < 1.29 is 92.1 Å². The maximum absolute atomic E-state index is 12.8. The first-order valence-electron chi connectivity index (χ1n) is 41.7. The van der Waals surface area contributed by atoms with Crippen LogP contribution in [0.1, 0.15) is 198 Å². The fourth-order valence-electron chi connectivity index (χ4n) is 16.5. The zero-order valence-corrected chi connectivity index (χ0v) is 76.0. The molecule has 13 N–H and O–H groups in total. The van der Waals surface area contributed by atoms with E-state index in [1.807, 2.05) is 64.8 Å². The molecule has 0 saturated carbocycles. The summed E-state index contributed by atoms with van der Waals surface area (Å²) in [6, 6.07) is 13.3. The van der Waals surface area contributed by atoms with Crippen LogP contribution in [0.4, 0.5) is 41.9 Å². The molecule has 14 rings (SSSR count). The standard InChI is InChI=1S/2C21H27N5O5S.C21H31N5O5S.C20H25N5O5S/c1-25(9-10-27)20(28)17-12-18(23-26(17)2)32(30,31)24-21(29)22-19-15-7-3-5-13(15)11-14-6-4-8-16(14)19;1-26-17(20(27)22-9-10-31-2)12-18(24-26)32(29,30)25-21(28)23-19-15-7-3-5-13(15)11-14-6-4-8-16(14)19;1-13(2)15-8-7-9-16(14(3)4)19(15)22-21(29)24-32(30,31)18-12-17(26(6)23-18)20(28)25(5)10-11-27;1-25-16(19(27)21-8-9-26)11-17(23-25)31(29,30)24-20(28)22-18-14-6-2-4-12(14)10-13-5-3-7-15(13)18/h11-12,27H,3-10H2,1-2H3,(H2,22,24,29);11-12H,3-10H2,1-2H3,(H,22,27)(H2,23,25,28);7-9,12-14,27H,10-11H2,1-6H3,(H2,22,24,29);10-11,26H,2-9H2,1H3,(H,21,27)(H2,22,24,28). The molecule has 0 unspecified atom stereocenters. The van der Waals surface area contributed by atoms with Crippen molar-refractivity contribution in [2.45, 2.75) is 175 Å². The zero-order valence-electron chi connectivity index (χ0n) is 72.7. The van der Waals surface area contributed by atoms with Crippen molar-refractivity contribution in [1.82, 2.24) is 78.4 Å². The number of methoxy groups -OCH3 is 1. The predicted octanol–water partition coefficient (Wildman–Crippen LogP) is 5.13. The smallest absolute Gasteiger partial charge is 0.333 e. The Morgan fingerprint density at radius 2 is 0.646 bits per heavy atom. The number of urea groups is 4. The van der Waals surface area contributed by atoms with E-state index in [4.69, 9.17) is 20.1 Å². The average Bonchev–Trinajstić information content (AvgIpc) is 1.66. The number of aliphatic hydroxyl groups is 3. The average molecular weight is 1840 g/mol. The van der Waals surface area contributed by atoms with Crippen molar-refractivity contribution in [3.8, 4) is 0 Å². The fourth-order valence-corrected chi connectivity index (χ4v) is 20.1. The lowest BCUT2D eigenvalue weighted by Crippen LogP contribution is -2.35. The Morgan fingerprint density at radius 1 is 0.386 bits per heavy atom. The number of anilines is 4. The monoisotopic (exact) mass is 1830 g/mol. The van der Waals surface area contributed by atoms with Crippen molar-refractivity contribution >= 4 is 111 Å². The quantitative estimate of drug-likeness (QED) is 0.0297. The molecule has 6 aliphatic rings. The Bertz CT molecular complexity index is 5930. The van der Waals surface area contributed by atoms with E-state index < -0.39 is 108 Å². The lowest BCUT2D eigenvalue weighted by atomic mass is 9.93. The molecule has 44 heteroatoms. The third-order valence-corrected chi connectivity index (χ3v) is 27.5. The molecule has 0 spiro atoms. The number of carbonyl (C=O) groups is 8. The zero-order chi connectivity index (χ0) is 92.3. The van der Waals surface area contributed by atoms with Crippen LogP contribution in [0.3, 0.4) is 0 Å². The van der Waals surface area contributed by atoms with Crippen LogP contribution in [-0.4, -0.2) is 219 Å². The van der Waals surface area contributed by atoms with E-state index in [1.165, 1.54) is 92.6 Å². The molecule has 0 bridgehead atoms. The van der Waals surface area contributed by atoms with Gasteiger partial charge in [-0.15, -0.1) is 0 Å². The third kappa shape index (κ3) is 22.5. The summed E-state index contributed by atoms with van der Waals surface area (Å²) in [4.78, 5) is 102. The number of rotatable bonds is 27. The number of aryl methyl sites for hydroxylation is 10. The lowest BCUT2D eigenvalue weighted by Gasteiger charge is -2.20. The molecule has 0 fully saturated rings. The molecule has 4 aromatic heterocycles. The molecule has 0 saturated heterocycles. The Kier molecular flexibility index (Phi) is 30.9. The number of nitrogens with one attached hydrogen (secondary N) is 10. The van der Waals surface area contributed by atoms with Gasteiger partial charge < -0.3 is 61.8 Å². The molecule has 0 radical (unpaired) electrons. The minimum absolute atomic E-state index is 0.00654. The lowest BCUT2D eigenvalue weighted by molar-refractivity contribution is 0.0750. The highest BCUT2D eigenvalue weighted by atomic mass is 32.2. The maximum atomic E-state index is 12.8. The predicted molar refractivity (Wildman–Crippen MR) is 468 cm³/mol. The summed E-state index contributed by atoms with van der Waals surface area (Å²) in [5.74, 6) is -1.84. The van der Waals surface area contributed by atoms with Crippen molar-refractivity contribution in [1.29, 1.82) is 0 Å². The number of benzene rings is 4. The summed E-state index contributed by atoms with van der Waals surface area (Å²) in [5.41, 5.74) is 18.6. The van der Waals surface area contributed by atoms with Gasteiger partial charge in [-0.2, -0.15) is 54.1 Å². The van der Waals surface area contributed by atoms with Crippen LogP contribution in [0.2, 0.25) is 0 Å². The van der Waals surface area contributed by atoms with Crippen LogP contribution < -0.4 is 50.8 Å². The summed E-state index contributed by atoms with van der Waals surface area (Å²) < 4.78 is 119. The van der Waals surface area contributed by atoms with Crippen LogP contribution in [0.15, 0.2) is 80.8 Å². The number of para-hydroxylation sites is 1. The molecule has 0 aliphatic heterocycles. The van der Waals surface area contributed by atoms with Gasteiger partial charge >= 0.3 is 24.1 Å². The van der Waals surface area contributed by atoms with Crippen molar-refractivity contribution in [3.63, 3.8) is 0 Å². The van der Waals surface area contributed by atoms with E-state index in [1.54, 1.807) is 0 Å². The van der Waals surface area contributed by atoms with Gasteiger partial charge in [0.1, 0.15) is 22.8 Å². The first kappa shape index (κ1) is 96.0. The molecule has 6 aliphatic carbocycles. The number of hydrogen-bond acceptors (Lipinski definition) is 24. The van der Waals surface area contributed by atoms with E-state index in [9.17, 15) is 72.0 Å². The maximum Gasteiger partial charge on any atom is 0.333 e. The Labute approximate surface area is 736 Å². The number of carbonyl (C=O) groups excluding carboxylic acids is 8. The number of hydrogen-bond donors (Lipinski definition) is 13. The first-order valence-corrected chi connectivity index (χ1v) is 47.7. The highest BCUT2D eigenvalue weighted by molar-refractivity contribution is 7.90. The molecule has 0 atom stereocenters. The van der Waals surface area contributed by atoms with Crippen LogP contribution in [0, 0.1) is 0 Å². The highest BCUT2D eigenvalue weighted by Gasteiger charge is 2.35. The van der Waals surface area contributed by atoms with E-state index in [0.29, 0.717) is 12.3 Å². The molecule has 12 amide bonds. The topological polar surface area (TPSA) is 541 Å². The van der Waals surface area contributed by atoms with Gasteiger partial charge in [0.05, 0.1) is 26.4 Å². The van der Waals surface area contributed by atoms with E-state index in [2.05, 4.69) is 70.5 Å². The van der Waals surface area contributed by atoms with Crippen LogP contribution in [0.25, 0.3) is 0 Å². The van der Waals surface area contributed by atoms with Gasteiger partial charge in [-0.05, 0) is 205 Å². The van der Waals surface area contributed by atoms with Gasteiger partial charge in [-0.25, -0.2) is 38.1 Å². The van der Waals surface area contributed by atoms with Crippen LogP contribution >= 0.6 is 0 Å². The molecule has 127 heavy (non-hydrogen) atoms. The Hall–Kier alpha value is -11.7. The van der Waals surface area contributed by atoms with Gasteiger partial charge in [0.2, 0.25) is 0 Å². The van der Waals surface area contributed by atoms with Crippen LogP contribution in [-0.2, 0) is 150 Å². The first-order chi connectivity index (χ1) is 60.2. The second-order valence-electron chi connectivity index (χ2n) is 32.2. The molecule has 4 heterocycles. The summed E-state index contributed by atoms with van der Waals surface area (Å²) >= 11 is 0. The van der Waals surface area contributed by atoms with E-state index in [0.717, 1.165) is 220 Å². The third-order valence-electron chi connectivity index (χ3n) is 22.6. The number of nitrogens with zero attached hydrogens (tertiary/aromatic N) is 10. The van der Waals surface area contributed by atoms with Gasteiger partial charge in [0.25, 0.3) is 63.7 Å². The molecular weight excluding hydrogens is 1730 g/mol. The number of aliphatic hydroxyl groups excluding tert-OH is 3. The highest BCUT2D eigenvalue weighted by Crippen LogP contribution is 2.42. The van der Waals surface area contributed by atoms with Gasteiger partial charge in [0, 0.05) is 123 Å². The fraction of sp³-hybridized carbons (Fsp3) is 0.470. The number of amides is 12. The Morgan fingerprint density at radius 3 is 0.906 bits per heavy atom. The number of fused-ring (bicyclic) bond motifs is 6. The second-order valence-corrected chi connectivity index (χ2v) is 38.7. The number of likely N-dealkylation sites (N-methyl/N-ethyl adjacent to an activating group) is 2. The van der Waals surface area contributed by atoms with Gasteiger partial charge in [-0.1, -0.05) is 64.1 Å². The summed E-state index contributed by atoms with van der Waals surface area (Å²) in [5, 5.41) is 56.7. The SMILES string of the molecule is CC(C)c1cccc(C(C)C)c1NC(=O)NS(=O)(=O)c1cc(C(=O)N(C)CCO)n(C)n1.CN(CCO)C(=O)c1cc(S(=O)(=O)NC(=O)Nc2c3c(cc4c2CCC4)CCC3)nn1C.COCCNC(=O)c1cc(S(=O)(=O)NC(=O)Nc2c3c(cc4c2CCC4)CCC3)nn1C.Cn1nc(S(=O)(=O)NC(=O)Nc2c3c(cc4c2CCC4)CCC3)cc1C(=O)NCCO. The van der Waals surface area contributed by atoms with Crippen molar-refractivity contribution in [3.05, 3.63) is 161 Å². The van der Waals surface area contributed by atoms with E-state index in [-0.39, 0.29) is 80.6 Å². The molecule has 686 valence electrons. The largest absolute Gasteiger partial charge is 0.395 e. The molecule has 8 aromatic rings. The van der Waals surface area contributed by atoms with Crippen LogP contribution in [0.5, 0.6) is 0 Å². The van der Waals surface area contributed by atoms with Crippen molar-refractivity contribution in [2.24, 2.45) is 28.2 Å². The summed E-state index contributed by atoms with van der Waals surface area (Å²) in [7, 11) is -6.96. The number of sulfonamides is 4. The number of ether oxygens (including phenoxy) is 1. The normalized spacial score (nSPS) is 14.0. The van der Waals surface area contributed by atoms with Gasteiger partial charge in [-0.3, -0.25) is 37.9 Å². The summed E-state index contributed by atoms with van der Waals surface area (Å²) in [6.45, 7) is 8.04. The second kappa shape index (κ2) is 41.0. The molecule has 4 aromatic carbocycles. The summed E-state index contributed by atoms with van der Waals surface area (Å²) in [6.07, 6.45) is 17.1. The number of aromatic nitrogens is 8. The minimum Gasteiger partial charge on any atom is -0.395 e. The Balaban J connectivity index is 0.000000164. The minimum atomic E-state index is -4.33. The molecule has 40 nitrogen and oxygen atoms in total. The van der Waals surface area contributed by atoms with Crippen molar-refractivity contribution in [2.75, 3.05) is 95.1 Å². The van der Waals surface area contributed by atoms with E-state index >= 15 is 0 Å². The molecular formula is C83H110N20O20S4.